The first-order chi connectivity index (χ1) is 18.6. The van der Waals surface area contributed by atoms with E-state index in [9.17, 15) is 9.18 Å². The highest BCUT2D eigenvalue weighted by Gasteiger charge is 2.23. The summed E-state index contributed by atoms with van der Waals surface area (Å²) in [6, 6.07) is 13.7. The quantitative estimate of drug-likeness (QED) is 0.313. The number of amides is 1. The van der Waals surface area contributed by atoms with E-state index in [0.29, 0.717) is 36.8 Å². The Kier molecular flexibility index (Phi) is 7.98. The zero-order valence-electron chi connectivity index (χ0n) is 21.2. The average molecular weight is 516 g/mol. The molecular formula is C28H30FN7O2. The van der Waals surface area contributed by atoms with Crippen LogP contribution in [0.1, 0.15) is 47.2 Å². The second kappa shape index (κ2) is 11.9. The van der Waals surface area contributed by atoms with Gasteiger partial charge in [0.15, 0.2) is 5.82 Å². The van der Waals surface area contributed by atoms with Gasteiger partial charge in [-0.05, 0) is 50.3 Å². The van der Waals surface area contributed by atoms with E-state index in [1.54, 1.807) is 18.3 Å². The van der Waals surface area contributed by atoms with Gasteiger partial charge in [0.2, 0.25) is 5.95 Å². The third-order valence-electron chi connectivity index (χ3n) is 6.55. The predicted octanol–water partition coefficient (Wildman–Crippen LogP) is 4.64. The first-order valence-electron chi connectivity index (χ1n) is 12.8. The first kappa shape index (κ1) is 25.5. The summed E-state index contributed by atoms with van der Waals surface area (Å²) in [4.78, 5) is 29.7. The Morgan fingerprint density at radius 2 is 1.87 bits per heavy atom. The van der Waals surface area contributed by atoms with Crippen molar-refractivity contribution in [2.24, 2.45) is 0 Å². The molecule has 0 saturated carbocycles. The number of hydrogen-bond donors (Lipinski definition) is 2. The Bertz CT molecular complexity index is 1370. The number of carbonyl (C=O) groups excluding carboxylic acids is 1. The lowest BCUT2D eigenvalue weighted by Crippen LogP contribution is -2.25. The van der Waals surface area contributed by atoms with Crippen molar-refractivity contribution in [3.8, 4) is 11.4 Å². The number of nitrogens with zero attached hydrogens (tertiary/aromatic N) is 5. The van der Waals surface area contributed by atoms with Gasteiger partial charge in [0.1, 0.15) is 17.2 Å². The minimum atomic E-state index is -0.527. The van der Waals surface area contributed by atoms with Crippen LogP contribution in [0, 0.1) is 12.7 Å². The van der Waals surface area contributed by atoms with Gasteiger partial charge in [-0.25, -0.2) is 24.3 Å². The summed E-state index contributed by atoms with van der Waals surface area (Å²) >= 11 is 0. The maximum atomic E-state index is 14.8. The van der Waals surface area contributed by atoms with E-state index in [-0.39, 0.29) is 23.6 Å². The molecule has 9 nitrogen and oxygen atoms in total. The number of pyridine rings is 1. The fourth-order valence-electron chi connectivity index (χ4n) is 4.60. The number of ether oxygens (including phenoxy) is 1. The van der Waals surface area contributed by atoms with Crippen LogP contribution in [-0.4, -0.2) is 50.2 Å². The SMILES string of the molecule is Cc1ncc(-c2nc(Nc3ccc(C(=O)NCCCc4ccccc4)nc3)ncc2F)n1C1CCOCC1. The van der Waals surface area contributed by atoms with Crippen molar-refractivity contribution in [3.05, 3.63) is 84.0 Å². The number of nitrogens with one attached hydrogen (secondary N) is 2. The Balaban J connectivity index is 1.22. The van der Waals surface area contributed by atoms with Crippen molar-refractivity contribution in [3.63, 3.8) is 0 Å². The highest BCUT2D eigenvalue weighted by molar-refractivity contribution is 5.92. The smallest absolute Gasteiger partial charge is 0.269 e. The van der Waals surface area contributed by atoms with Gasteiger partial charge in [-0.1, -0.05) is 30.3 Å². The molecule has 1 saturated heterocycles. The normalized spacial score (nSPS) is 13.8. The third-order valence-corrected chi connectivity index (χ3v) is 6.55. The number of halogens is 1. The molecule has 1 aromatic carbocycles. The number of carbonyl (C=O) groups is 1. The summed E-state index contributed by atoms with van der Waals surface area (Å²) in [6.07, 6.45) is 7.73. The van der Waals surface area contributed by atoms with Crippen molar-refractivity contribution >= 4 is 17.5 Å². The van der Waals surface area contributed by atoms with E-state index < -0.39 is 5.82 Å². The Morgan fingerprint density at radius 1 is 1.05 bits per heavy atom. The van der Waals surface area contributed by atoms with E-state index in [1.807, 2.05) is 29.7 Å². The monoisotopic (exact) mass is 515 g/mol. The second-order valence-corrected chi connectivity index (χ2v) is 9.20. The number of aryl methyl sites for hydroxylation is 2. The van der Waals surface area contributed by atoms with Crippen LogP contribution in [0.5, 0.6) is 0 Å². The zero-order chi connectivity index (χ0) is 26.3. The number of anilines is 2. The van der Waals surface area contributed by atoms with Crippen molar-refractivity contribution in [1.82, 2.24) is 29.8 Å². The van der Waals surface area contributed by atoms with Crippen molar-refractivity contribution in [2.45, 2.75) is 38.6 Å². The summed E-state index contributed by atoms with van der Waals surface area (Å²) in [5.74, 6) is 0.263. The lowest BCUT2D eigenvalue weighted by atomic mass is 10.1. The van der Waals surface area contributed by atoms with Gasteiger partial charge in [0.05, 0.1) is 30.0 Å². The van der Waals surface area contributed by atoms with Crippen LogP contribution >= 0.6 is 0 Å². The molecule has 5 rings (SSSR count). The van der Waals surface area contributed by atoms with Crippen molar-refractivity contribution in [1.29, 1.82) is 0 Å². The molecule has 1 fully saturated rings. The molecule has 4 heterocycles. The molecule has 38 heavy (non-hydrogen) atoms. The number of imidazole rings is 1. The number of aromatic nitrogens is 5. The fraction of sp³-hybridized carbons (Fsp3) is 0.321. The van der Waals surface area contributed by atoms with Crippen LogP contribution in [0.2, 0.25) is 0 Å². The minimum Gasteiger partial charge on any atom is -0.381 e. The maximum absolute atomic E-state index is 14.8. The number of benzene rings is 1. The molecule has 0 aliphatic carbocycles. The maximum Gasteiger partial charge on any atom is 0.269 e. The molecule has 1 amide bonds. The van der Waals surface area contributed by atoms with E-state index in [0.717, 1.165) is 37.7 Å². The van der Waals surface area contributed by atoms with Crippen LogP contribution in [0.25, 0.3) is 11.4 Å². The average Bonchev–Trinajstić information content (AvgIpc) is 3.34. The topological polar surface area (TPSA) is 107 Å². The van der Waals surface area contributed by atoms with E-state index in [2.05, 4.69) is 42.7 Å². The highest BCUT2D eigenvalue weighted by Crippen LogP contribution is 2.31. The predicted molar refractivity (Wildman–Crippen MR) is 142 cm³/mol. The third kappa shape index (κ3) is 6.03. The molecule has 196 valence electrons. The van der Waals surface area contributed by atoms with E-state index >= 15 is 0 Å². The van der Waals surface area contributed by atoms with Crippen LogP contribution in [0.3, 0.4) is 0 Å². The molecule has 2 N–H and O–H groups in total. The van der Waals surface area contributed by atoms with E-state index in [1.165, 1.54) is 11.8 Å². The van der Waals surface area contributed by atoms with Crippen molar-refractivity contribution in [2.75, 3.05) is 25.1 Å². The van der Waals surface area contributed by atoms with Gasteiger partial charge in [0.25, 0.3) is 5.91 Å². The van der Waals surface area contributed by atoms with Gasteiger partial charge in [-0.15, -0.1) is 0 Å². The second-order valence-electron chi connectivity index (χ2n) is 9.20. The molecule has 4 aromatic rings. The molecular weight excluding hydrogens is 485 g/mol. The van der Waals surface area contributed by atoms with Gasteiger partial charge >= 0.3 is 0 Å². The summed E-state index contributed by atoms with van der Waals surface area (Å²) in [6.45, 7) is 3.79. The van der Waals surface area contributed by atoms with Crippen LogP contribution in [0.15, 0.2) is 61.1 Å². The Hall–Kier alpha value is -4.18. The molecule has 0 radical (unpaired) electrons. The summed E-state index contributed by atoms with van der Waals surface area (Å²) < 4.78 is 22.4. The summed E-state index contributed by atoms with van der Waals surface area (Å²) in [5.41, 5.74) is 2.91. The number of hydrogen-bond acceptors (Lipinski definition) is 7. The fourth-order valence-corrected chi connectivity index (χ4v) is 4.60. The largest absolute Gasteiger partial charge is 0.381 e. The molecule has 0 bridgehead atoms. The van der Waals surface area contributed by atoms with Gasteiger partial charge in [0, 0.05) is 25.8 Å². The summed E-state index contributed by atoms with van der Waals surface area (Å²) in [5, 5.41) is 5.95. The lowest BCUT2D eigenvalue weighted by Gasteiger charge is -2.26. The molecule has 3 aromatic heterocycles. The standard InChI is InChI=1S/C28H30FN7O2/c1-19-31-18-25(36(19)22-11-14-38-15-12-22)26-23(29)17-33-28(35-26)34-21-9-10-24(32-16-21)27(37)30-13-5-8-20-6-3-2-4-7-20/h2-4,6-7,9-10,16-18,22H,5,8,11-15H2,1H3,(H,30,37)(H,33,34,35). The van der Waals surface area contributed by atoms with Gasteiger partial charge in [-0.2, -0.15) is 0 Å². The Morgan fingerprint density at radius 3 is 2.63 bits per heavy atom. The van der Waals surface area contributed by atoms with E-state index in [4.69, 9.17) is 4.74 Å². The Labute approximate surface area is 220 Å². The van der Waals surface area contributed by atoms with Crippen molar-refractivity contribution < 1.29 is 13.9 Å². The first-order valence-corrected chi connectivity index (χ1v) is 12.8. The zero-order valence-corrected chi connectivity index (χ0v) is 21.2. The molecule has 10 heteroatoms. The van der Waals surface area contributed by atoms with Gasteiger partial charge in [-0.3, -0.25) is 4.79 Å². The summed E-state index contributed by atoms with van der Waals surface area (Å²) in [7, 11) is 0. The molecule has 0 spiro atoms. The van der Waals surface area contributed by atoms with Crippen LogP contribution in [0.4, 0.5) is 16.0 Å². The van der Waals surface area contributed by atoms with Crippen LogP contribution in [-0.2, 0) is 11.2 Å². The highest BCUT2D eigenvalue weighted by atomic mass is 19.1. The van der Waals surface area contributed by atoms with Gasteiger partial charge < -0.3 is 19.9 Å². The lowest BCUT2D eigenvalue weighted by molar-refractivity contribution is 0.0694. The molecule has 1 aliphatic rings. The molecule has 0 atom stereocenters. The minimum absolute atomic E-state index is 0.174. The molecule has 0 unspecified atom stereocenters. The molecule has 1 aliphatic heterocycles. The van der Waals surface area contributed by atoms with Crippen LogP contribution < -0.4 is 10.6 Å². The number of rotatable bonds is 9.